The van der Waals surface area contributed by atoms with E-state index in [1.54, 1.807) is 6.21 Å². The van der Waals surface area contributed by atoms with Crippen molar-refractivity contribution in [2.75, 3.05) is 22.3 Å². The maximum Gasteiger partial charge on any atom is 0.432 e. The minimum absolute atomic E-state index is 0.0309. The molecule has 0 bridgehead atoms. The van der Waals surface area contributed by atoms with Gasteiger partial charge < -0.3 is 16.0 Å². The monoisotopic (exact) mass is 489 g/mol. The van der Waals surface area contributed by atoms with Crippen LogP contribution in [0.4, 0.5) is 34.8 Å². The fourth-order valence-electron chi connectivity index (χ4n) is 2.54. The summed E-state index contributed by atoms with van der Waals surface area (Å²) in [6.07, 6.45) is -2.17. The number of anilines is 3. The van der Waals surface area contributed by atoms with Gasteiger partial charge in [-0.2, -0.15) is 23.4 Å². The second-order valence-electron chi connectivity index (χ2n) is 6.14. The molecular weight excluding hydrogens is 477 g/mol. The molecule has 0 fully saturated rings. The molecule has 1 aliphatic rings. The fourth-order valence-corrected chi connectivity index (χ4v) is 2.95. The highest BCUT2D eigenvalue weighted by Gasteiger charge is 2.38. The number of nitrogens with zero attached hydrogens (tertiary/aromatic N) is 3. The van der Waals surface area contributed by atoms with Gasteiger partial charge in [-0.15, -0.1) is 0 Å². The van der Waals surface area contributed by atoms with Crippen LogP contribution >= 0.6 is 23.2 Å². The average molecular weight is 490 g/mol. The first kappa shape index (κ1) is 23.4. The number of hydrazone groups is 1. The van der Waals surface area contributed by atoms with Gasteiger partial charge in [-0.25, -0.2) is 14.8 Å². The van der Waals surface area contributed by atoms with Gasteiger partial charge >= 0.3 is 6.18 Å². The molecule has 0 saturated carbocycles. The number of aromatic nitrogens is 1. The minimum Gasteiger partial charge on any atom is -0.350 e. The molecule has 0 radical (unpaired) electrons. The number of halogens is 6. The van der Waals surface area contributed by atoms with Crippen LogP contribution < -0.4 is 21.2 Å². The molecule has 0 aliphatic carbocycles. The molecule has 2 aromatic rings. The lowest BCUT2D eigenvalue weighted by Crippen LogP contribution is -2.29. The van der Waals surface area contributed by atoms with Crippen LogP contribution in [0.5, 0.6) is 0 Å². The Kier molecular flexibility index (Phi) is 6.96. The number of pyridine rings is 1. The Morgan fingerprint density at radius 1 is 1.22 bits per heavy atom. The van der Waals surface area contributed by atoms with Gasteiger partial charge in [-0.05, 0) is 24.3 Å². The molecule has 2 heterocycles. The van der Waals surface area contributed by atoms with Crippen molar-refractivity contribution in [1.82, 2.24) is 10.4 Å². The topological polar surface area (TPSA) is 106 Å². The Morgan fingerprint density at radius 2 is 1.97 bits per heavy atom. The van der Waals surface area contributed by atoms with Crippen molar-refractivity contribution >= 4 is 58.7 Å². The number of amides is 1. The molecule has 14 heteroatoms. The number of rotatable bonds is 6. The van der Waals surface area contributed by atoms with E-state index in [9.17, 15) is 22.4 Å². The number of hydrogen-bond acceptors (Lipinski definition) is 7. The van der Waals surface area contributed by atoms with Crippen LogP contribution in [0.1, 0.15) is 0 Å². The van der Waals surface area contributed by atoms with Gasteiger partial charge in [0.1, 0.15) is 11.5 Å². The van der Waals surface area contributed by atoms with Crippen molar-refractivity contribution in [2.24, 2.45) is 5.10 Å². The number of allylic oxidation sites excluding steroid dienone is 1. The van der Waals surface area contributed by atoms with Crippen LogP contribution in [0.3, 0.4) is 0 Å². The van der Waals surface area contributed by atoms with Crippen LogP contribution in [0, 0.1) is 11.2 Å². The van der Waals surface area contributed by atoms with E-state index in [1.165, 1.54) is 11.2 Å². The van der Waals surface area contributed by atoms with E-state index in [4.69, 9.17) is 28.6 Å². The van der Waals surface area contributed by atoms with Gasteiger partial charge in [0.25, 0.3) is 5.91 Å². The lowest BCUT2D eigenvalue weighted by molar-refractivity contribution is -0.114. The molecule has 1 aliphatic heterocycles. The average Bonchev–Trinajstić information content (AvgIpc) is 3.24. The zero-order valence-corrected chi connectivity index (χ0v) is 17.3. The van der Waals surface area contributed by atoms with E-state index in [-0.39, 0.29) is 27.8 Å². The van der Waals surface area contributed by atoms with Gasteiger partial charge in [-0.1, -0.05) is 23.2 Å². The third kappa shape index (κ3) is 5.33. The summed E-state index contributed by atoms with van der Waals surface area (Å²) in [6.45, 7) is 0.451. The third-order valence-corrected chi connectivity index (χ3v) is 4.55. The smallest absolute Gasteiger partial charge is 0.350 e. The zero-order valence-electron chi connectivity index (χ0n) is 15.8. The number of benzene rings is 1. The number of nitrogens with one attached hydrogen (secondary N) is 4. The summed E-state index contributed by atoms with van der Waals surface area (Å²) in [5.74, 6) is -1.92. The fraction of sp³-hybridized carbons (Fsp3) is 0.111. The highest BCUT2D eigenvalue weighted by atomic mass is 35.5. The summed E-state index contributed by atoms with van der Waals surface area (Å²) in [7, 11) is 0. The number of carbonyl (C=O) groups is 1. The molecule has 1 aromatic carbocycles. The summed E-state index contributed by atoms with van der Waals surface area (Å²) in [6, 6.07) is 3.98. The Morgan fingerprint density at radius 3 is 2.56 bits per heavy atom. The van der Waals surface area contributed by atoms with Crippen LogP contribution in [0.25, 0.3) is 0 Å². The standard InChI is InChI=1S/C18H13Cl2F4N7O/c19-12-2-1-9(21)5-14(12)30-15(18(22,23)24)11(7-25)17(32)29-10-6-13(20)16(26-8-10)31-27-3-4-28-31/h1-3,5-8,25,28,30H,4H2,(H,29,32)/b15-11+,25-7?. The largest absolute Gasteiger partial charge is 0.432 e. The van der Waals surface area contributed by atoms with Crippen molar-refractivity contribution in [1.29, 1.82) is 5.41 Å². The van der Waals surface area contributed by atoms with Crippen molar-refractivity contribution in [3.8, 4) is 0 Å². The first-order valence-electron chi connectivity index (χ1n) is 8.67. The van der Waals surface area contributed by atoms with E-state index in [1.807, 2.05) is 5.32 Å². The maximum absolute atomic E-state index is 13.7. The summed E-state index contributed by atoms with van der Waals surface area (Å²) in [5, 5.41) is 16.5. The Balaban J connectivity index is 1.91. The van der Waals surface area contributed by atoms with E-state index >= 15 is 0 Å². The Labute approximate surface area is 188 Å². The predicted octanol–water partition coefficient (Wildman–Crippen LogP) is 4.35. The van der Waals surface area contributed by atoms with Crippen molar-refractivity contribution in [2.45, 2.75) is 6.18 Å². The van der Waals surface area contributed by atoms with Gasteiger partial charge in [0.15, 0.2) is 5.82 Å². The molecule has 3 rings (SSSR count). The number of alkyl halides is 3. The number of hydrogen-bond donors (Lipinski definition) is 4. The van der Waals surface area contributed by atoms with E-state index in [0.29, 0.717) is 6.54 Å². The van der Waals surface area contributed by atoms with Crippen LogP contribution in [0.15, 0.2) is 46.8 Å². The lowest BCUT2D eigenvalue weighted by Gasteiger charge is -2.18. The molecule has 0 atom stereocenters. The van der Waals surface area contributed by atoms with E-state index < -0.39 is 34.9 Å². The number of carbonyl (C=O) groups excluding carboxylic acids is 1. The molecule has 0 spiro atoms. The normalized spacial score (nSPS) is 14.2. The molecule has 168 valence electrons. The first-order chi connectivity index (χ1) is 15.1. The van der Waals surface area contributed by atoms with Crippen LogP contribution in [0.2, 0.25) is 10.0 Å². The van der Waals surface area contributed by atoms with Crippen LogP contribution in [-0.4, -0.2) is 36.0 Å². The summed E-state index contributed by atoms with van der Waals surface area (Å²) in [5.41, 5.74) is -0.317. The van der Waals surface area contributed by atoms with Gasteiger partial charge in [0.05, 0.1) is 39.7 Å². The van der Waals surface area contributed by atoms with E-state index in [2.05, 4.69) is 20.8 Å². The molecule has 1 aromatic heterocycles. The highest BCUT2D eigenvalue weighted by molar-refractivity contribution is 6.33. The maximum atomic E-state index is 13.7. The zero-order chi connectivity index (χ0) is 23.5. The summed E-state index contributed by atoms with van der Waals surface area (Å²) in [4.78, 5) is 16.6. The van der Waals surface area contributed by atoms with Crippen LogP contribution in [-0.2, 0) is 4.79 Å². The summed E-state index contributed by atoms with van der Waals surface area (Å²) >= 11 is 11.9. The van der Waals surface area contributed by atoms with Crippen molar-refractivity contribution in [3.05, 3.63) is 57.6 Å². The second-order valence-corrected chi connectivity index (χ2v) is 6.95. The molecule has 8 nitrogen and oxygen atoms in total. The highest BCUT2D eigenvalue weighted by Crippen LogP contribution is 2.33. The SMILES string of the molecule is N=C/C(C(=O)Nc1cnc(N2N=CCN2)c(Cl)c1)=C(\Nc1cc(F)ccc1Cl)C(F)(F)F. The predicted molar refractivity (Wildman–Crippen MR) is 114 cm³/mol. The molecule has 0 unspecified atom stereocenters. The Bertz CT molecular complexity index is 1120. The van der Waals surface area contributed by atoms with Gasteiger partial charge in [0.2, 0.25) is 0 Å². The molecular formula is C18H13Cl2F4N7O. The first-order valence-corrected chi connectivity index (χ1v) is 9.42. The molecule has 0 saturated heterocycles. The second kappa shape index (κ2) is 9.51. The summed E-state index contributed by atoms with van der Waals surface area (Å²) < 4.78 is 54.4. The molecule has 4 N–H and O–H groups in total. The molecule has 1 amide bonds. The Hall–Kier alpha value is -3.22. The van der Waals surface area contributed by atoms with Gasteiger partial charge in [0, 0.05) is 12.4 Å². The lowest BCUT2D eigenvalue weighted by atomic mass is 10.1. The number of hydrazine groups is 1. The van der Waals surface area contributed by atoms with Crippen molar-refractivity contribution in [3.63, 3.8) is 0 Å². The van der Waals surface area contributed by atoms with E-state index in [0.717, 1.165) is 24.4 Å². The van der Waals surface area contributed by atoms with Crippen molar-refractivity contribution < 1.29 is 22.4 Å². The molecule has 32 heavy (non-hydrogen) atoms. The van der Waals surface area contributed by atoms with Gasteiger partial charge in [-0.3, -0.25) is 4.79 Å². The third-order valence-electron chi connectivity index (χ3n) is 3.94. The quantitative estimate of drug-likeness (QED) is 0.274. The minimum atomic E-state index is -5.10.